The van der Waals surface area contributed by atoms with Gasteiger partial charge in [0.25, 0.3) is 0 Å². The fourth-order valence-electron chi connectivity index (χ4n) is 5.59. The monoisotopic (exact) mass is 779 g/mol. The number of likely N-dealkylation sites (N-methyl/N-ethyl adjacent to an activating group) is 2. The van der Waals surface area contributed by atoms with E-state index in [9.17, 15) is 37.3 Å². The molecule has 2 atom stereocenters. The zero-order valence-electron chi connectivity index (χ0n) is 27.5. The summed E-state index contributed by atoms with van der Waals surface area (Å²) in [6.45, 7) is 1.03. The topological polar surface area (TPSA) is 186 Å². The van der Waals surface area contributed by atoms with E-state index in [0.29, 0.717) is 15.4 Å². The van der Waals surface area contributed by atoms with Gasteiger partial charge < -0.3 is 20.4 Å². The number of rotatable bonds is 15. The van der Waals surface area contributed by atoms with Crippen molar-refractivity contribution in [1.29, 1.82) is 0 Å². The van der Waals surface area contributed by atoms with E-state index in [1.165, 1.54) is 42.0 Å². The van der Waals surface area contributed by atoms with Crippen LogP contribution in [0.2, 0.25) is 10.0 Å². The zero-order chi connectivity index (χ0) is 36.1. The molecule has 0 bridgehead atoms. The number of halogens is 2. The number of aliphatic hydroxyl groups excluding tert-OH is 4. The second-order valence-electron chi connectivity index (χ2n) is 11.8. The molecule has 0 radical (unpaired) electrons. The summed E-state index contributed by atoms with van der Waals surface area (Å²) in [5.41, 5.74) is 0.784. The summed E-state index contributed by atoms with van der Waals surface area (Å²) in [7, 11) is -6.92. The highest BCUT2D eigenvalue weighted by molar-refractivity contribution is 7.89. The van der Waals surface area contributed by atoms with Crippen molar-refractivity contribution < 1.29 is 37.3 Å². The average Bonchev–Trinajstić information content (AvgIpc) is 3.45. The molecular weight excluding hydrogens is 737 g/mol. The van der Waals surface area contributed by atoms with E-state index in [1.54, 1.807) is 31.6 Å². The molecule has 18 heteroatoms. The molecule has 1 aromatic heterocycles. The molecule has 4 N–H and O–H groups in total. The minimum Gasteiger partial charge on any atom is -0.394 e. The second kappa shape index (κ2) is 17.0. The van der Waals surface area contributed by atoms with Gasteiger partial charge >= 0.3 is 0 Å². The number of sulfonamides is 2. The van der Waals surface area contributed by atoms with Gasteiger partial charge in [-0.1, -0.05) is 73.7 Å². The summed E-state index contributed by atoms with van der Waals surface area (Å²) in [4.78, 5) is 4.96. The maximum atomic E-state index is 14.1. The summed E-state index contributed by atoms with van der Waals surface area (Å²) in [6.07, 6.45) is 2.66. The number of nitrogens with zero attached hydrogens (tertiary/aromatic N) is 5. The number of hydrogen-bond donors (Lipinski definition) is 4. The lowest BCUT2D eigenvalue weighted by Gasteiger charge is -2.24. The van der Waals surface area contributed by atoms with Crippen molar-refractivity contribution in [2.45, 2.75) is 74.0 Å². The largest absolute Gasteiger partial charge is 0.394 e. The highest BCUT2D eigenvalue weighted by Gasteiger charge is 2.32. The molecule has 0 saturated heterocycles. The van der Waals surface area contributed by atoms with E-state index in [2.05, 4.69) is 5.10 Å². The number of benzene rings is 2. The normalized spacial score (nSPS) is 16.5. The lowest BCUT2D eigenvalue weighted by molar-refractivity contribution is 0.0795. The van der Waals surface area contributed by atoms with Crippen LogP contribution in [0.3, 0.4) is 0 Å². The second-order valence-corrected chi connectivity index (χ2v) is 17.4. The van der Waals surface area contributed by atoms with E-state index in [-0.39, 0.29) is 56.6 Å². The number of aromatic nitrogens is 2. The van der Waals surface area contributed by atoms with Gasteiger partial charge in [0.1, 0.15) is 14.8 Å². The van der Waals surface area contributed by atoms with Gasteiger partial charge in [-0.25, -0.2) is 21.5 Å². The third kappa shape index (κ3) is 9.10. The van der Waals surface area contributed by atoms with Gasteiger partial charge in [-0.15, -0.1) is 0 Å². The Labute approximate surface area is 301 Å². The molecule has 0 spiro atoms. The summed E-state index contributed by atoms with van der Waals surface area (Å²) < 4.78 is 59.3. The molecule has 4 rings (SSSR count). The molecule has 1 aliphatic rings. The van der Waals surface area contributed by atoms with Crippen LogP contribution in [0.25, 0.3) is 21.7 Å². The molecule has 2 aromatic carbocycles. The molecule has 49 heavy (non-hydrogen) atoms. The Morgan fingerprint density at radius 3 is 2.00 bits per heavy atom. The molecule has 2 unspecified atom stereocenters. The first-order valence-corrected chi connectivity index (χ1v) is 20.4. The van der Waals surface area contributed by atoms with Gasteiger partial charge in [-0.05, 0) is 42.7 Å². The highest BCUT2D eigenvalue weighted by Crippen LogP contribution is 2.41. The van der Waals surface area contributed by atoms with Gasteiger partial charge in [-0.2, -0.15) is 13.7 Å². The van der Waals surface area contributed by atoms with E-state index in [0.717, 1.165) is 34.3 Å². The molecule has 0 aliphatic heterocycles. The van der Waals surface area contributed by atoms with Crippen LogP contribution in [0, 0.1) is 0 Å². The van der Waals surface area contributed by atoms with E-state index in [4.69, 9.17) is 28.2 Å². The molecular formula is C31H43Cl2N5O8S3. The van der Waals surface area contributed by atoms with Crippen LogP contribution < -0.4 is 4.80 Å². The van der Waals surface area contributed by atoms with E-state index < -0.39 is 52.0 Å². The zero-order valence-corrected chi connectivity index (χ0v) is 31.5. The van der Waals surface area contributed by atoms with Crippen LogP contribution >= 0.6 is 34.5 Å². The van der Waals surface area contributed by atoms with Crippen molar-refractivity contribution in [1.82, 2.24) is 18.4 Å². The maximum absolute atomic E-state index is 14.1. The van der Waals surface area contributed by atoms with Crippen molar-refractivity contribution in [3.05, 3.63) is 45.2 Å². The van der Waals surface area contributed by atoms with Crippen LogP contribution in [0.4, 0.5) is 0 Å². The molecule has 1 heterocycles. The van der Waals surface area contributed by atoms with Crippen molar-refractivity contribution in [3.8, 4) is 21.7 Å². The third-order valence-electron chi connectivity index (χ3n) is 8.29. The quantitative estimate of drug-likeness (QED) is 0.180. The fourth-order valence-corrected chi connectivity index (χ4v) is 10.6. The first-order valence-electron chi connectivity index (χ1n) is 16.0. The summed E-state index contributed by atoms with van der Waals surface area (Å²) in [6, 6.07) is 7.33. The van der Waals surface area contributed by atoms with E-state index >= 15 is 0 Å². The smallest absolute Gasteiger partial charge is 0.244 e. The van der Waals surface area contributed by atoms with Crippen molar-refractivity contribution in [2.75, 3.05) is 39.4 Å². The summed E-state index contributed by atoms with van der Waals surface area (Å²) in [5, 5.41) is 43.6. The first-order chi connectivity index (χ1) is 23.2. The Hall–Kier alpha value is -1.96. The molecule has 3 aromatic rings. The van der Waals surface area contributed by atoms with Gasteiger partial charge in [-0.3, -0.25) is 4.99 Å². The van der Waals surface area contributed by atoms with E-state index in [1.807, 2.05) is 0 Å². The number of aryl methyl sites for hydroxylation is 1. The molecule has 13 nitrogen and oxygen atoms in total. The average molecular weight is 781 g/mol. The Bertz CT molecular complexity index is 1900. The molecule has 1 aliphatic carbocycles. The first kappa shape index (κ1) is 39.8. The Kier molecular flexibility index (Phi) is 13.8. The lowest BCUT2D eigenvalue weighted by Crippen LogP contribution is -2.38. The standard InChI is InChI=1S/C31H43Cl2N5O8S3/c1-4-37(16-23(41)18-39)48(43,44)27-14-20(11-12-26(27)32)25-13-21(30-35-36(3)31(47-30)34-22-9-7-6-8-10-22)15-28(29(25)33)49(45,46)38(5-2)17-24(42)19-40/h11-15,22-24,39-42H,4-10,16-19H2,1-3H3. The Balaban J connectivity index is 1.95. The van der Waals surface area contributed by atoms with Crippen LogP contribution in [0.1, 0.15) is 46.0 Å². The van der Waals surface area contributed by atoms with Gasteiger partial charge in [0, 0.05) is 44.4 Å². The van der Waals surface area contributed by atoms with Gasteiger partial charge in [0.05, 0.1) is 41.5 Å². The maximum Gasteiger partial charge on any atom is 0.244 e. The summed E-state index contributed by atoms with van der Waals surface area (Å²) in [5.74, 6) is 0. The van der Waals surface area contributed by atoms with Crippen LogP contribution in [-0.2, 0) is 27.1 Å². The Morgan fingerprint density at radius 2 is 1.45 bits per heavy atom. The number of aliphatic hydroxyl groups is 4. The van der Waals surface area contributed by atoms with Gasteiger partial charge in [0.15, 0.2) is 0 Å². The minimum atomic E-state index is -4.38. The third-order valence-corrected chi connectivity index (χ3v) is 14.3. The summed E-state index contributed by atoms with van der Waals surface area (Å²) >= 11 is 14.6. The van der Waals surface area contributed by atoms with Crippen molar-refractivity contribution in [3.63, 3.8) is 0 Å². The molecule has 272 valence electrons. The highest BCUT2D eigenvalue weighted by atomic mass is 35.5. The predicted molar refractivity (Wildman–Crippen MR) is 189 cm³/mol. The fraction of sp³-hybridized carbons (Fsp3) is 0.548. The lowest BCUT2D eigenvalue weighted by atomic mass is 9.96. The molecule has 1 saturated carbocycles. The van der Waals surface area contributed by atoms with Gasteiger partial charge in [0.2, 0.25) is 24.8 Å². The Morgan fingerprint density at radius 1 is 0.898 bits per heavy atom. The van der Waals surface area contributed by atoms with Crippen LogP contribution in [0.15, 0.2) is 45.1 Å². The SMILES string of the molecule is CCN(CC(O)CO)S(=O)(=O)c1cc(-c2cc(-c3nn(C)c(=NC4CCCCC4)s3)cc(S(=O)(=O)N(CC)CC(O)CO)c2Cl)ccc1Cl. The molecule has 0 amide bonds. The van der Waals surface area contributed by atoms with Crippen molar-refractivity contribution >= 4 is 54.6 Å². The van der Waals surface area contributed by atoms with Crippen LogP contribution in [-0.4, -0.2) is 113 Å². The molecule has 1 fully saturated rings. The number of hydrogen-bond acceptors (Lipinski definition) is 11. The van der Waals surface area contributed by atoms with Crippen LogP contribution in [0.5, 0.6) is 0 Å². The van der Waals surface area contributed by atoms with Crippen molar-refractivity contribution in [2.24, 2.45) is 12.0 Å². The predicted octanol–water partition coefficient (Wildman–Crippen LogP) is 3.08. The minimum absolute atomic E-state index is 0.0273.